The van der Waals surface area contributed by atoms with Crippen molar-refractivity contribution in [2.75, 3.05) is 19.7 Å². The number of benzene rings is 2. The van der Waals surface area contributed by atoms with E-state index in [4.69, 9.17) is 5.11 Å². The molecular formula is C29H28F8N2O5S. The molecule has 7 nitrogen and oxygen atoms in total. The highest BCUT2D eigenvalue weighted by Crippen LogP contribution is 2.59. The Bertz CT molecular complexity index is 1580. The molecule has 0 spiro atoms. The van der Waals surface area contributed by atoms with Gasteiger partial charge in [0.2, 0.25) is 11.8 Å². The van der Waals surface area contributed by atoms with Crippen molar-refractivity contribution >= 4 is 21.7 Å². The van der Waals surface area contributed by atoms with E-state index in [1.807, 2.05) is 0 Å². The molecule has 1 heterocycles. The molecule has 16 heteroatoms. The number of hydrogen-bond donors (Lipinski definition) is 2. The molecule has 2 aromatic rings. The Kier molecular flexibility index (Phi) is 8.25. The number of aliphatic hydroxyl groups excluding tert-OH is 1. The summed E-state index contributed by atoms with van der Waals surface area (Å²) in [6.07, 6.45) is -13.4. The molecule has 2 aliphatic carbocycles. The van der Waals surface area contributed by atoms with Gasteiger partial charge in [0, 0.05) is 37.0 Å². The van der Waals surface area contributed by atoms with Crippen LogP contribution >= 0.6 is 0 Å². The van der Waals surface area contributed by atoms with Gasteiger partial charge in [-0.3, -0.25) is 9.59 Å². The summed E-state index contributed by atoms with van der Waals surface area (Å²) in [6.45, 7) is -0.267. The lowest BCUT2D eigenvalue weighted by Crippen LogP contribution is -2.51. The van der Waals surface area contributed by atoms with E-state index in [0.29, 0.717) is 6.07 Å². The molecule has 1 saturated heterocycles. The summed E-state index contributed by atoms with van der Waals surface area (Å²) in [5.74, 6) is -3.39. The van der Waals surface area contributed by atoms with E-state index in [1.54, 1.807) is 0 Å². The lowest BCUT2D eigenvalue weighted by atomic mass is 9.74. The molecule has 1 saturated carbocycles. The normalized spacial score (nSPS) is 25.7. The first-order chi connectivity index (χ1) is 20.9. The number of likely N-dealkylation sites (tertiary alicyclic amines) is 1. The van der Waals surface area contributed by atoms with E-state index in [0.717, 1.165) is 30.3 Å². The van der Waals surface area contributed by atoms with Crippen LogP contribution in [0.5, 0.6) is 0 Å². The quantitative estimate of drug-likeness (QED) is 0.335. The Balaban J connectivity index is 1.58. The van der Waals surface area contributed by atoms with Crippen molar-refractivity contribution in [3.8, 4) is 0 Å². The number of aryl methyl sites for hydroxylation is 1. The highest BCUT2D eigenvalue weighted by molar-refractivity contribution is 7.92. The number of fused-ring (bicyclic) bond motifs is 3. The van der Waals surface area contributed by atoms with Gasteiger partial charge >= 0.3 is 18.0 Å². The van der Waals surface area contributed by atoms with Crippen LogP contribution in [0.25, 0.3) is 0 Å². The molecule has 3 aliphatic rings. The minimum Gasteiger partial charge on any atom is -0.395 e. The third-order valence-electron chi connectivity index (χ3n) is 9.26. The number of nitrogens with one attached hydrogen (secondary N) is 1. The second-order valence-electron chi connectivity index (χ2n) is 11.6. The van der Waals surface area contributed by atoms with E-state index < -0.39 is 67.8 Å². The molecule has 246 valence electrons. The number of carbonyl (C=O) groups excluding carboxylic acids is 2. The molecule has 0 bridgehead atoms. The number of aliphatic hydroxyl groups is 1. The fraction of sp³-hybridized carbons (Fsp3) is 0.517. The van der Waals surface area contributed by atoms with Crippen molar-refractivity contribution in [1.29, 1.82) is 0 Å². The van der Waals surface area contributed by atoms with Gasteiger partial charge < -0.3 is 15.3 Å². The van der Waals surface area contributed by atoms with Gasteiger partial charge in [0.25, 0.3) is 0 Å². The van der Waals surface area contributed by atoms with Gasteiger partial charge in [0.05, 0.1) is 17.4 Å². The number of β-amino-alcohol motifs (C(OH)–C–C–N with tert-alkyl or cyclic N) is 1. The van der Waals surface area contributed by atoms with Gasteiger partial charge in [-0.2, -0.15) is 26.3 Å². The largest absolute Gasteiger partial charge is 0.435 e. The summed E-state index contributed by atoms with van der Waals surface area (Å²) in [4.78, 5) is 26.4. The van der Waals surface area contributed by atoms with E-state index in [-0.39, 0.29) is 79.8 Å². The van der Waals surface area contributed by atoms with Crippen LogP contribution < -0.4 is 5.32 Å². The molecule has 5 rings (SSSR count). The third-order valence-corrected chi connectivity index (χ3v) is 11.8. The van der Waals surface area contributed by atoms with Crippen molar-refractivity contribution in [2.45, 2.75) is 65.8 Å². The highest BCUT2D eigenvalue weighted by atomic mass is 32.2. The maximum atomic E-state index is 15.0. The van der Waals surface area contributed by atoms with Crippen LogP contribution in [0.15, 0.2) is 47.4 Å². The molecule has 1 aliphatic heterocycles. The maximum Gasteiger partial charge on any atom is 0.435 e. The van der Waals surface area contributed by atoms with Crippen LogP contribution in [0.1, 0.15) is 42.4 Å². The Morgan fingerprint density at radius 1 is 1.00 bits per heavy atom. The molecule has 0 radical (unpaired) electrons. The summed E-state index contributed by atoms with van der Waals surface area (Å²) in [5, 5.41) is 12.0. The minimum absolute atomic E-state index is 0.0231. The number of nitrogens with zero attached hydrogens (tertiary/aromatic N) is 1. The van der Waals surface area contributed by atoms with Crippen LogP contribution in [0.3, 0.4) is 0 Å². The van der Waals surface area contributed by atoms with E-state index in [9.17, 15) is 53.1 Å². The molecule has 4 atom stereocenters. The number of rotatable bonds is 7. The second-order valence-corrected chi connectivity index (χ2v) is 13.8. The standard InChI is InChI=1S/C29H28F8N2O5S/c30-19-3-5-20(6-4-19)45(43,44)26-10-9-23(38-25(42)17-14-24(41)39(15-17)11-12-40)22(26)7-1-16-13-18(2-8-21(16)26)27(31,28(32,33)34)29(35,36)37/h2-6,8,13,17,22-23,40H,1,7,9-12,14-15H2,(H,38,42)/t17-,22-,23+,26+/m0/s1. The summed E-state index contributed by atoms with van der Waals surface area (Å²) in [6, 6.07) is 4.40. The summed E-state index contributed by atoms with van der Waals surface area (Å²) in [7, 11) is -4.55. The lowest BCUT2D eigenvalue weighted by Gasteiger charge is -2.43. The van der Waals surface area contributed by atoms with Gasteiger partial charge in [-0.15, -0.1) is 0 Å². The van der Waals surface area contributed by atoms with Gasteiger partial charge in [0.15, 0.2) is 9.84 Å². The number of alkyl halides is 7. The zero-order valence-electron chi connectivity index (χ0n) is 23.4. The van der Waals surface area contributed by atoms with Gasteiger partial charge in [-0.1, -0.05) is 18.2 Å². The Hall–Kier alpha value is -3.27. The first-order valence-corrected chi connectivity index (χ1v) is 15.5. The van der Waals surface area contributed by atoms with Crippen LogP contribution in [0.2, 0.25) is 0 Å². The molecule has 2 amide bonds. The van der Waals surface area contributed by atoms with Gasteiger partial charge in [-0.25, -0.2) is 17.2 Å². The first kappa shape index (κ1) is 33.1. The smallest absolute Gasteiger partial charge is 0.395 e. The van der Waals surface area contributed by atoms with E-state index in [1.165, 1.54) is 4.90 Å². The number of sulfone groups is 1. The van der Waals surface area contributed by atoms with E-state index >= 15 is 0 Å². The van der Waals surface area contributed by atoms with E-state index in [2.05, 4.69) is 5.32 Å². The molecule has 0 unspecified atom stereocenters. The zero-order valence-corrected chi connectivity index (χ0v) is 24.2. The monoisotopic (exact) mass is 668 g/mol. The van der Waals surface area contributed by atoms with Crippen molar-refractivity contribution in [1.82, 2.24) is 10.2 Å². The highest BCUT2D eigenvalue weighted by Gasteiger charge is 2.73. The van der Waals surface area contributed by atoms with Crippen molar-refractivity contribution in [3.63, 3.8) is 0 Å². The van der Waals surface area contributed by atoms with Crippen LogP contribution in [0, 0.1) is 17.7 Å². The molecular weight excluding hydrogens is 640 g/mol. The Labute approximate surface area is 252 Å². The van der Waals surface area contributed by atoms with Gasteiger partial charge in [0.1, 0.15) is 10.6 Å². The maximum absolute atomic E-state index is 15.0. The lowest BCUT2D eigenvalue weighted by molar-refractivity contribution is -0.348. The van der Waals surface area contributed by atoms with Crippen molar-refractivity contribution in [3.05, 3.63) is 65.0 Å². The SMILES string of the molecule is O=C(N[C@@H]1CC[C@@]2(S(=O)(=O)c3ccc(F)cc3)c3ccc(C(F)(C(F)(F)F)C(F)(F)F)cc3CC[C@@H]12)[C@H]1CC(=O)N(CCO)C1. The average molecular weight is 669 g/mol. The summed E-state index contributed by atoms with van der Waals surface area (Å²) < 4.78 is 137. The number of carbonyl (C=O) groups is 2. The van der Waals surface area contributed by atoms with Crippen molar-refractivity contribution < 1.29 is 58.2 Å². The van der Waals surface area contributed by atoms with Crippen LogP contribution in [-0.4, -0.2) is 68.3 Å². The number of halogens is 8. The summed E-state index contributed by atoms with van der Waals surface area (Å²) in [5.41, 5.74) is -7.81. The molecule has 2 aromatic carbocycles. The summed E-state index contributed by atoms with van der Waals surface area (Å²) >= 11 is 0. The Morgan fingerprint density at radius 2 is 1.64 bits per heavy atom. The minimum atomic E-state index is -6.37. The fourth-order valence-electron chi connectivity index (χ4n) is 7.14. The topological polar surface area (TPSA) is 104 Å². The molecule has 0 aromatic heterocycles. The predicted molar refractivity (Wildman–Crippen MR) is 141 cm³/mol. The Morgan fingerprint density at radius 3 is 2.24 bits per heavy atom. The second kappa shape index (κ2) is 11.2. The molecule has 2 N–H and O–H groups in total. The predicted octanol–water partition coefficient (Wildman–Crippen LogP) is 4.47. The number of amides is 2. The molecule has 2 fully saturated rings. The third kappa shape index (κ3) is 5.17. The molecule has 45 heavy (non-hydrogen) atoms. The zero-order chi connectivity index (χ0) is 33.2. The van der Waals surface area contributed by atoms with Crippen molar-refractivity contribution in [2.24, 2.45) is 11.8 Å². The first-order valence-electron chi connectivity index (χ1n) is 14.0. The fourth-order valence-corrected chi connectivity index (χ4v) is 9.61. The van der Waals surface area contributed by atoms with Crippen LogP contribution in [0.4, 0.5) is 35.1 Å². The average Bonchev–Trinajstić information content (AvgIpc) is 3.52. The number of hydrogen-bond acceptors (Lipinski definition) is 5. The van der Waals surface area contributed by atoms with Gasteiger partial charge in [-0.05, 0) is 61.1 Å². The van der Waals surface area contributed by atoms with Crippen LogP contribution in [-0.2, 0) is 36.3 Å².